The van der Waals surface area contributed by atoms with Gasteiger partial charge in [-0.15, -0.1) is 6.58 Å². The van der Waals surface area contributed by atoms with E-state index in [1.807, 2.05) is 0 Å². The summed E-state index contributed by atoms with van der Waals surface area (Å²) in [4.78, 5) is 17.3. The lowest BCUT2D eigenvalue weighted by molar-refractivity contribution is 0.0738. The van der Waals surface area contributed by atoms with Gasteiger partial charge < -0.3 is 15.7 Å². The maximum absolute atomic E-state index is 12.0. The highest BCUT2D eigenvalue weighted by Gasteiger charge is 2.17. The average molecular weight is 221 g/mol. The van der Waals surface area contributed by atoms with E-state index in [2.05, 4.69) is 11.6 Å². The quantitative estimate of drug-likeness (QED) is 0.700. The highest BCUT2D eigenvalue weighted by molar-refractivity contribution is 5.97. The third-order valence-corrected chi connectivity index (χ3v) is 2.05. The minimum Gasteiger partial charge on any atom is -0.397 e. The van der Waals surface area contributed by atoms with Crippen LogP contribution in [0, 0.1) is 0 Å². The molecule has 0 atom stereocenters. The highest BCUT2D eigenvalue weighted by atomic mass is 16.3. The van der Waals surface area contributed by atoms with Crippen LogP contribution in [-0.2, 0) is 0 Å². The molecule has 0 unspecified atom stereocenters. The minimum absolute atomic E-state index is 0.105. The number of carbonyl (C=O) groups is 1. The second-order valence-electron chi connectivity index (χ2n) is 3.20. The standard InChI is InChI=1S/C11H15N3O2/c1-2-6-14(7-8-15)11(16)10-9(12)4-3-5-13-10/h2-5,15H,1,6-8,12H2. The summed E-state index contributed by atoms with van der Waals surface area (Å²) in [5.41, 5.74) is 6.19. The van der Waals surface area contributed by atoms with Gasteiger partial charge in [0, 0.05) is 19.3 Å². The first-order chi connectivity index (χ1) is 7.70. The van der Waals surface area contributed by atoms with Gasteiger partial charge in [0.15, 0.2) is 5.69 Å². The van der Waals surface area contributed by atoms with Crippen LogP contribution in [0.1, 0.15) is 10.5 Å². The number of aromatic nitrogens is 1. The van der Waals surface area contributed by atoms with Crippen LogP contribution < -0.4 is 5.73 Å². The van der Waals surface area contributed by atoms with Gasteiger partial charge in [0.2, 0.25) is 0 Å². The number of nitrogen functional groups attached to an aromatic ring is 1. The lowest BCUT2D eigenvalue weighted by atomic mass is 10.2. The fourth-order valence-electron chi connectivity index (χ4n) is 1.30. The van der Waals surface area contributed by atoms with Crippen molar-refractivity contribution in [1.82, 2.24) is 9.88 Å². The Morgan fingerprint density at radius 1 is 1.69 bits per heavy atom. The van der Waals surface area contributed by atoms with Gasteiger partial charge in [-0.2, -0.15) is 0 Å². The summed E-state index contributed by atoms with van der Waals surface area (Å²) in [5.74, 6) is -0.299. The zero-order valence-electron chi connectivity index (χ0n) is 8.97. The molecule has 0 aromatic carbocycles. The van der Waals surface area contributed by atoms with Crippen molar-refractivity contribution in [2.45, 2.75) is 0 Å². The van der Waals surface area contributed by atoms with Gasteiger partial charge in [0.05, 0.1) is 12.3 Å². The van der Waals surface area contributed by atoms with Crippen LogP contribution in [0.2, 0.25) is 0 Å². The summed E-state index contributed by atoms with van der Waals surface area (Å²) in [6, 6.07) is 3.28. The Hall–Kier alpha value is -1.88. The molecule has 1 amide bonds. The number of nitrogens with zero attached hydrogens (tertiary/aromatic N) is 2. The van der Waals surface area contributed by atoms with Crippen LogP contribution >= 0.6 is 0 Å². The van der Waals surface area contributed by atoms with Crippen LogP contribution in [0.5, 0.6) is 0 Å². The molecule has 5 heteroatoms. The van der Waals surface area contributed by atoms with E-state index >= 15 is 0 Å². The lowest BCUT2D eigenvalue weighted by Gasteiger charge is -2.19. The lowest BCUT2D eigenvalue weighted by Crippen LogP contribution is -2.34. The van der Waals surface area contributed by atoms with E-state index < -0.39 is 0 Å². The first-order valence-corrected chi connectivity index (χ1v) is 4.92. The molecular weight excluding hydrogens is 206 g/mol. The Bertz CT molecular complexity index is 379. The molecule has 0 bridgehead atoms. The highest BCUT2D eigenvalue weighted by Crippen LogP contribution is 2.10. The summed E-state index contributed by atoms with van der Waals surface area (Å²) in [6.07, 6.45) is 3.10. The van der Waals surface area contributed by atoms with Crippen molar-refractivity contribution in [3.63, 3.8) is 0 Å². The molecule has 0 spiro atoms. The van der Waals surface area contributed by atoms with Gasteiger partial charge in [-0.05, 0) is 12.1 Å². The number of hydrogen-bond donors (Lipinski definition) is 2. The van der Waals surface area contributed by atoms with Crippen LogP contribution in [0.4, 0.5) is 5.69 Å². The first kappa shape index (κ1) is 12.2. The fraction of sp³-hybridized carbons (Fsp3) is 0.273. The molecule has 0 fully saturated rings. The van der Waals surface area contributed by atoms with Gasteiger partial charge in [-0.1, -0.05) is 6.08 Å². The Kier molecular flexibility index (Phi) is 4.47. The van der Waals surface area contributed by atoms with E-state index in [0.29, 0.717) is 12.2 Å². The molecule has 1 heterocycles. The van der Waals surface area contributed by atoms with E-state index in [1.54, 1.807) is 18.2 Å². The van der Waals surface area contributed by atoms with E-state index in [9.17, 15) is 4.79 Å². The Labute approximate surface area is 94.2 Å². The SMILES string of the molecule is C=CCN(CCO)C(=O)c1ncccc1N. The van der Waals surface area contributed by atoms with Gasteiger partial charge in [-0.25, -0.2) is 4.98 Å². The molecular formula is C11H15N3O2. The number of hydrogen-bond acceptors (Lipinski definition) is 4. The summed E-state index contributed by atoms with van der Waals surface area (Å²) in [6.45, 7) is 4.04. The number of rotatable bonds is 5. The van der Waals surface area contributed by atoms with E-state index in [1.165, 1.54) is 11.1 Å². The number of aliphatic hydroxyl groups excluding tert-OH is 1. The van der Waals surface area contributed by atoms with Gasteiger partial charge in [-0.3, -0.25) is 4.79 Å². The van der Waals surface area contributed by atoms with Crippen molar-refractivity contribution in [2.75, 3.05) is 25.4 Å². The van der Waals surface area contributed by atoms with Crippen LogP contribution in [0.3, 0.4) is 0 Å². The smallest absolute Gasteiger partial charge is 0.274 e. The summed E-state index contributed by atoms with van der Waals surface area (Å²) in [7, 11) is 0. The molecule has 1 aromatic heterocycles. The van der Waals surface area contributed by atoms with Crippen molar-refractivity contribution in [3.8, 4) is 0 Å². The van der Waals surface area contributed by atoms with Crippen molar-refractivity contribution in [3.05, 3.63) is 36.7 Å². The van der Waals surface area contributed by atoms with E-state index in [4.69, 9.17) is 10.8 Å². The maximum atomic E-state index is 12.0. The number of aliphatic hydroxyl groups is 1. The predicted molar refractivity (Wildman–Crippen MR) is 61.8 cm³/mol. The van der Waals surface area contributed by atoms with Crippen molar-refractivity contribution < 1.29 is 9.90 Å². The molecule has 0 saturated carbocycles. The summed E-state index contributed by atoms with van der Waals surface area (Å²) >= 11 is 0. The number of pyridine rings is 1. The molecule has 0 aliphatic carbocycles. The topological polar surface area (TPSA) is 79.5 Å². The van der Waals surface area contributed by atoms with E-state index in [0.717, 1.165) is 0 Å². The zero-order chi connectivity index (χ0) is 12.0. The molecule has 0 radical (unpaired) electrons. The Morgan fingerprint density at radius 2 is 2.44 bits per heavy atom. The largest absolute Gasteiger partial charge is 0.397 e. The van der Waals surface area contributed by atoms with Gasteiger partial charge >= 0.3 is 0 Å². The molecule has 5 nitrogen and oxygen atoms in total. The van der Waals surface area contributed by atoms with Crippen LogP contribution in [-0.4, -0.2) is 40.6 Å². The van der Waals surface area contributed by atoms with Gasteiger partial charge in [0.1, 0.15) is 0 Å². The normalized spacial score (nSPS) is 9.81. The second kappa shape index (κ2) is 5.87. The molecule has 3 N–H and O–H groups in total. The third kappa shape index (κ3) is 2.80. The maximum Gasteiger partial charge on any atom is 0.274 e. The van der Waals surface area contributed by atoms with Gasteiger partial charge in [0.25, 0.3) is 5.91 Å². The molecule has 1 rings (SSSR count). The Balaban J connectivity index is 2.89. The zero-order valence-corrected chi connectivity index (χ0v) is 8.97. The minimum atomic E-state index is -0.299. The molecule has 0 aliphatic heterocycles. The van der Waals surface area contributed by atoms with Crippen molar-refractivity contribution in [1.29, 1.82) is 0 Å². The van der Waals surface area contributed by atoms with Crippen molar-refractivity contribution in [2.24, 2.45) is 0 Å². The first-order valence-electron chi connectivity index (χ1n) is 4.92. The molecule has 0 aliphatic rings. The number of amides is 1. The molecule has 86 valence electrons. The monoisotopic (exact) mass is 221 g/mol. The predicted octanol–water partition coefficient (Wildman–Crippen LogP) is 0.284. The molecule has 16 heavy (non-hydrogen) atoms. The number of nitrogens with two attached hydrogens (primary N) is 1. The van der Waals surface area contributed by atoms with Crippen LogP contribution in [0.25, 0.3) is 0 Å². The fourth-order valence-corrected chi connectivity index (χ4v) is 1.30. The Morgan fingerprint density at radius 3 is 3.00 bits per heavy atom. The summed E-state index contributed by atoms with van der Waals surface area (Å²) in [5, 5.41) is 8.85. The van der Waals surface area contributed by atoms with Crippen molar-refractivity contribution >= 4 is 11.6 Å². The molecule has 0 saturated heterocycles. The molecule has 1 aromatic rings. The third-order valence-electron chi connectivity index (χ3n) is 2.05. The second-order valence-corrected chi connectivity index (χ2v) is 3.20. The number of carbonyl (C=O) groups excluding carboxylic acids is 1. The average Bonchev–Trinajstić information content (AvgIpc) is 2.28. The summed E-state index contributed by atoms with van der Waals surface area (Å²) < 4.78 is 0. The van der Waals surface area contributed by atoms with E-state index in [-0.39, 0.29) is 24.8 Å². The number of anilines is 1. The van der Waals surface area contributed by atoms with Crippen LogP contribution in [0.15, 0.2) is 31.0 Å².